The quantitative estimate of drug-likeness (QED) is 0.450. The first-order valence-electron chi connectivity index (χ1n) is 5.00. The number of esters is 1. The van der Waals surface area contributed by atoms with Gasteiger partial charge < -0.3 is 14.7 Å². The molecule has 1 aromatic rings. The fraction of sp³-hybridized carbons (Fsp3) is 0.167. The fourth-order valence-corrected chi connectivity index (χ4v) is 1.67. The van der Waals surface area contributed by atoms with E-state index in [1.165, 1.54) is 4.90 Å². The second kappa shape index (κ2) is 3.93. The summed E-state index contributed by atoms with van der Waals surface area (Å²) in [6, 6.07) is 5.35. The van der Waals surface area contributed by atoms with Crippen molar-refractivity contribution in [3.63, 3.8) is 0 Å². The number of carbonyl (C=O) groups is 2. The van der Waals surface area contributed by atoms with Gasteiger partial charge in [0, 0.05) is 7.05 Å². The van der Waals surface area contributed by atoms with Crippen LogP contribution >= 0.6 is 0 Å². The molecule has 5 heteroatoms. The van der Waals surface area contributed by atoms with Crippen LogP contribution in [0.2, 0.25) is 0 Å². The molecule has 1 aliphatic rings. The highest BCUT2D eigenvalue weighted by atomic mass is 16.5. The normalized spacial score (nSPS) is 16.7. The molecule has 17 heavy (non-hydrogen) atoms. The van der Waals surface area contributed by atoms with Crippen molar-refractivity contribution < 1.29 is 19.4 Å². The van der Waals surface area contributed by atoms with Crippen LogP contribution in [0.15, 0.2) is 30.0 Å². The zero-order chi connectivity index (χ0) is 12.6. The summed E-state index contributed by atoms with van der Waals surface area (Å²) in [5.74, 6) is -1.41. The first kappa shape index (κ1) is 11.2. The maximum atomic E-state index is 11.6. The number of anilines is 1. The number of carboxylic acid groups (broad SMARTS) is 1. The highest BCUT2D eigenvalue weighted by Crippen LogP contribution is 2.35. The number of aliphatic carboxylic acids is 1. The van der Waals surface area contributed by atoms with E-state index in [0.717, 1.165) is 11.6 Å². The Labute approximate surface area is 97.9 Å². The standard InChI is InChI=1S/C12H11NO4/c1-7-3-4-10-8(5-7)13(2)9(6-11(14)15)12(16)17-10/h3-6H,1-2H3,(H,14,15)/b9-6-. The van der Waals surface area contributed by atoms with E-state index in [9.17, 15) is 9.59 Å². The van der Waals surface area contributed by atoms with Gasteiger partial charge in [0.25, 0.3) is 0 Å². The summed E-state index contributed by atoms with van der Waals surface area (Å²) in [5, 5.41) is 8.69. The minimum absolute atomic E-state index is 0.00981. The topological polar surface area (TPSA) is 66.8 Å². The van der Waals surface area contributed by atoms with Gasteiger partial charge in [0.1, 0.15) is 5.70 Å². The lowest BCUT2D eigenvalue weighted by Gasteiger charge is -2.28. The first-order valence-corrected chi connectivity index (χ1v) is 5.00. The summed E-state index contributed by atoms with van der Waals surface area (Å²) in [6.07, 6.45) is 0.841. The molecule has 0 fully saturated rings. The number of carboxylic acids is 1. The van der Waals surface area contributed by atoms with Gasteiger partial charge in [0.2, 0.25) is 0 Å². The minimum Gasteiger partial charge on any atom is -0.478 e. The molecular formula is C12H11NO4. The lowest BCUT2D eigenvalue weighted by molar-refractivity contribution is -0.134. The summed E-state index contributed by atoms with van der Waals surface area (Å²) < 4.78 is 5.06. The summed E-state index contributed by atoms with van der Waals surface area (Å²) >= 11 is 0. The number of nitrogens with zero attached hydrogens (tertiary/aromatic N) is 1. The van der Waals surface area contributed by atoms with Crippen molar-refractivity contribution in [2.75, 3.05) is 11.9 Å². The molecule has 0 saturated heterocycles. The Hall–Kier alpha value is -2.30. The Bertz CT molecular complexity index is 533. The lowest BCUT2D eigenvalue weighted by atomic mass is 10.1. The molecule has 0 bridgehead atoms. The number of carbonyl (C=O) groups excluding carboxylic acids is 1. The number of benzene rings is 1. The Morgan fingerprint density at radius 1 is 1.47 bits per heavy atom. The highest BCUT2D eigenvalue weighted by Gasteiger charge is 2.27. The Morgan fingerprint density at radius 2 is 2.18 bits per heavy atom. The number of rotatable bonds is 1. The molecule has 1 aliphatic heterocycles. The molecule has 1 aromatic carbocycles. The molecule has 0 unspecified atom stereocenters. The molecule has 0 spiro atoms. The maximum absolute atomic E-state index is 11.6. The second-order valence-corrected chi connectivity index (χ2v) is 3.79. The fourth-order valence-electron chi connectivity index (χ4n) is 1.67. The SMILES string of the molecule is Cc1ccc2c(c1)N(C)/C(=C\C(=O)O)C(=O)O2. The van der Waals surface area contributed by atoms with E-state index in [4.69, 9.17) is 9.84 Å². The number of hydrogen-bond donors (Lipinski definition) is 1. The van der Waals surface area contributed by atoms with Gasteiger partial charge in [-0.2, -0.15) is 0 Å². The van der Waals surface area contributed by atoms with Crippen molar-refractivity contribution in [2.24, 2.45) is 0 Å². The minimum atomic E-state index is -1.18. The van der Waals surface area contributed by atoms with Crippen LogP contribution in [-0.2, 0) is 9.59 Å². The van der Waals surface area contributed by atoms with Crippen LogP contribution in [0.3, 0.4) is 0 Å². The third-order valence-corrected chi connectivity index (χ3v) is 2.51. The Morgan fingerprint density at radius 3 is 2.82 bits per heavy atom. The third-order valence-electron chi connectivity index (χ3n) is 2.51. The van der Waals surface area contributed by atoms with Crippen molar-refractivity contribution in [3.8, 4) is 5.75 Å². The van der Waals surface area contributed by atoms with E-state index >= 15 is 0 Å². The van der Waals surface area contributed by atoms with Gasteiger partial charge in [-0.05, 0) is 24.6 Å². The van der Waals surface area contributed by atoms with Gasteiger partial charge >= 0.3 is 11.9 Å². The molecule has 0 aliphatic carbocycles. The Balaban J connectivity index is 2.52. The average molecular weight is 233 g/mol. The number of likely N-dealkylation sites (N-methyl/N-ethyl adjacent to an activating group) is 1. The van der Waals surface area contributed by atoms with Crippen LogP contribution in [0.4, 0.5) is 5.69 Å². The van der Waals surface area contributed by atoms with Crippen LogP contribution in [0, 0.1) is 6.92 Å². The Kier molecular flexibility index (Phi) is 2.59. The molecule has 5 nitrogen and oxygen atoms in total. The van der Waals surface area contributed by atoms with Crippen LogP contribution in [0.5, 0.6) is 5.75 Å². The average Bonchev–Trinajstić information content (AvgIpc) is 2.25. The van der Waals surface area contributed by atoms with Gasteiger partial charge in [-0.3, -0.25) is 0 Å². The molecule has 0 aromatic heterocycles. The summed E-state index contributed by atoms with van der Waals surface area (Å²) in [5.41, 5.74) is 1.69. The van der Waals surface area contributed by atoms with Crippen molar-refractivity contribution in [1.82, 2.24) is 0 Å². The van der Waals surface area contributed by atoms with Crippen molar-refractivity contribution >= 4 is 17.6 Å². The monoisotopic (exact) mass is 233 g/mol. The van der Waals surface area contributed by atoms with E-state index in [1.807, 2.05) is 19.1 Å². The lowest BCUT2D eigenvalue weighted by Crippen LogP contribution is -2.32. The predicted octanol–water partition coefficient (Wildman–Crippen LogP) is 1.32. The van der Waals surface area contributed by atoms with Gasteiger partial charge in [-0.25, -0.2) is 9.59 Å². The predicted molar refractivity (Wildman–Crippen MR) is 60.9 cm³/mol. The van der Waals surface area contributed by atoms with E-state index < -0.39 is 11.9 Å². The van der Waals surface area contributed by atoms with Crippen molar-refractivity contribution in [1.29, 1.82) is 0 Å². The van der Waals surface area contributed by atoms with Gasteiger partial charge in [-0.15, -0.1) is 0 Å². The molecule has 2 rings (SSSR count). The van der Waals surface area contributed by atoms with Gasteiger partial charge in [-0.1, -0.05) is 6.07 Å². The van der Waals surface area contributed by atoms with E-state index in [-0.39, 0.29) is 5.70 Å². The molecule has 1 heterocycles. The van der Waals surface area contributed by atoms with E-state index in [2.05, 4.69) is 0 Å². The summed E-state index contributed by atoms with van der Waals surface area (Å²) in [7, 11) is 1.63. The molecule has 0 radical (unpaired) electrons. The second-order valence-electron chi connectivity index (χ2n) is 3.79. The number of aryl methyl sites for hydroxylation is 1. The van der Waals surface area contributed by atoms with Gasteiger partial charge in [0.05, 0.1) is 11.8 Å². The first-order chi connectivity index (χ1) is 7.99. The molecule has 0 amide bonds. The van der Waals surface area contributed by atoms with Gasteiger partial charge in [0.15, 0.2) is 5.75 Å². The van der Waals surface area contributed by atoms with Crippen LogP contribution in [0.25, 0.3) is 0 Å². The van der Waals surface area contributed by atoms with Crippen LogP contribution in [0.1, 0.15) is 5.56 Å². The van der Waals surface area contributed by atoms with Crippen molar-refractivity contribution in [2.45, 2.75) is 6.92 Å². The molecular weight excluding hydrogens is 222 g/mol. The molecule has 1 N–H and O–H groups in total. The van der Waals surface area contributed by atoms with Crippen molar-refractivity contribution in [3.05, 3.63) is 35.5 Å². The zero-order valence-corrected chi connectivity index (χ0v) is 9.43. The number of hydrogen-bond acceptors (Lipinski definition) is 4. The third kappa shape index (κ3) is 1.99. The smallest absolute Gasteiger partial charge is 0.360 e. The largest absolute Gasteiger partial charge is 0.478 e. The highest BCUT2D eigenvalue weighted by molar-refractivity contribution is 6.02. The summed E-state index contributed by atoms with van der Waals surface area (Å²) in [4.78, 5) is 23.7. The maximum Gasteiger partial charge on any atom is 0.360 e. The molecule has 0 saturated carbocycles. The van der Waals surface area contributed by atoms with Crippen LogP contribution in [-0.4, -0.2) is 24.1 Å². The molecule has 0 atom stereocenters. The number of ether oxygens (including phenoxy) is 1. The molecule has 88 valence electrons. The number of fused-ring (bicyclic) bond motifs is 1. The van der Waals surface area contributed by atoms with E-state index in [0.29, 0.717) is 11.4 Å². The van der Waals surface area contributed by atoms with Crippen LogP contribution < -0.4 is 9.64 Å². The summed E-state index contributed by atoms with van der Waals surface area (Å²) in [6.45, 7) is 1.91. The van der Waals surface area contributed by atoms with E-state index in [1.54, 1.807) is 13.1 Å². The zero-order valence-electron chi connectivity index (χ0n) is 9.43.